The van der Waals surface area contributed by atoms with Gasteiger partial charge in [-0.15, -0.1) is 0 Å². The molecule has 0 aromatic carbocycles. The van der Waals surface area contributed by atoms with Crippen LogP contribution in [0.1, 0.15) is 25.8 Å². The van der Waals surface area contributed by atoms with Crippen molar-refractivity contribution in [3.63, 3.8) is 0 Å². The molecule has 4 aromatic rings. The number of anilines is 2. The number of rotatable bonds is 11. The summed E-state index contributed by atoms with van der Waals surface area (Å²) in [7, 11) is 1.18. The van der Waals surface area contributed by atoms with Crippen LogP contribution in [-0.4, -0.2) is 83.8 Å². The summed E-state index contributed by atoms with van der Waals surface area (Å²) in [5, 5.41) is 0. The first-order valence-electron chi connectivity index (χ1n) is 13.7. The minimum atomic E-state index is -4.29. The van der Waals surface area contributed by atoms with Gasteiger partial charge in [-0.05, 0) is 11.8 Å². The van der Waals surface area contributed by atoms with Gasteiger partial charge in [0.2, 0.25) is 5.95 Å². The van der Waals surface area contributed by atoms with E-state index < -0.39 is 73.4 Å². The third kappa shape index (κ3) is 6.90. The lowest BCUT2D eigenvalue weighted by molar-refractivity contribution is -0.0486. The number of nitrogens with zero attached hydrogens (tertiary/aromatic N) is 6. The van der Waals surface area contributed by atoms with Gasteiger partial charge < -0.3 is 34.9 Å². The molecule has 6 N–H and O–H groups in total. The van der Waals surface area contributed by atoms with Crippen LogP contribution in [0.2, 0.25) is 0 Å². The Labute approximate surface area is 277 Å². The number of thiol groups is 1. The molecular weight excluding hydrogens is 727 g/mol. The molecular formula is C22H28FN9O10P2S3. The van der Waals surface area contributed by atoms with E-state index in [0.717, 1.165) is 4.57 Å². The van der Waals surface area contributed by atoms with E-state index in [1.165, 1.54) is 24.3 Å². The van der Waals surface area contributed by atoms with Gasteiger partial charge in [0.1, 0.15) is 28.8 Å². The maximum Gasteiger partial charge on any atom is 0.386 e. The van der Waals surface area contributed by atoms with Gasteiger partial charge in [-0.25, -0.2) is 23.9 Å². The van der Waals surface area contributed by atoms with E-state index in [-0.39, 0.29) is 46.3 Å². The minimum absolute atomic E-state index is 0.0389. The van der Waals surface area contributed by atoms with Gasteiger partial charge in [-0.3, -0.25) is 32.8 Å². The summed E-state index contributed by atoms with van der Waals surface area (Å²) in [6.45, 7) is -6.96. The second-order valence-electron chi connectivity index (χ2n) is 10.5. The number of fused-ring (bicyclic) bond motifs is 2. The van der Waals surface area contributed by atoms with Crippen molar-refractivity contribution in [2.24, 2.45) is 5.92 Å². The number of imidazole rings is 1. The van der Waals surface area contributed by atoms with Gasteiger partial charge in [0, 0.05) is 19.4 Å². The largest absolute Gasteiger partial charge is 0.386 e. The van der Waals surface area contributed by atoms with Crippen molar-refractivity contribution in [1.29, 1.82) is 0 Å². The molecule has 0 aliphatic carbocycles. The zero-order valence-corrected chi connectivity index (χ0v) is 28.6. The van der Waals surface area contributed by atoms with Crippen LogP contribution in [0.3, 0.4) is 0 Å². The van der Waals surface area contributed by atoms with Crippen LogP contribution in [0.4, 0.5) is 16.2 Å². The van der Waals surface area contributed by atoms with Crippen molar-refractivity contribution >= 4 is 82.2 Å². The first kappa shape index (κ1) is 34.5. The number of nitrogen functional groups attached to an aromatic ring is 2. The quantitative estimate of drug-likeness (QED) is 0.108. The number of nitrogens with one attached hydrogen (secondary N) is 1. The molecule has 0 radical (unpaired) electrons. The van der Waals surface area contributed by atoms with Gasteiger partial charge >= 0.3 is 18.4 Å². The molecule has 2 fully saturated rings. The number of ether oxygens (including phenoxy) is 2. The Hall–Kier alpha value is -2.40. The van der Waals surface area contributed by atoms with Crippen LogP contribution < -0.4 is 21.9 Å². The fourth-order valence-corrected chi connectivity index (χ4v) is 8.27. The molecule has 4 unspecified atom stereocenters. The Morgan fingerprint density at radius 1 is 1.21 bits per heavy atom. The number of H-pyrrole nitrogens is 1. The highest BCUT2D eigenvalue weighted by atomic mass is 32.7. The summed E-state index contributed by atoms with van der Waals surface area (Å²) in [5.74, 6) is -0.845. The average molecular weight is 756 g/mol. The summed E-state index contributed by atoms with van der Waals surface area (Å²) in [6, 6.07) is 0. The zero-order valence-electron chi connectivity index (χ0n) is 24.3. The summed E-state index contributed by atoms with van der Waals surface area (Å²) in [5.41, 5.74) is 11.4. The minimum Gasteiger partial charge on any atom is -0.382 e. The van der Waals surface area contributed by atoms with E-state index in [4.69, 9.17) is 50.8 Å². The summed E-state index contributed by atoms with van der Waals surface area (Å²) in [4.78, 5) is 53.6. The van der Waals surface area contributed by atoms with Crippen LogP contribution >= 0.6 is 37.1 Å². The van der Waals surface area contributed by atoms with Crippen molar-refractivity contribution in [3.05, 3.63) is 32.7 Å². The molecule has 2 aliphatic heterocycles. The SMILES string of the molecule is COP(O)(=S)OCC1O[C@@H](n2c(=O)sc3c(=O)[nH]c(N)nc32)[C@H](OP(=O)(S)OCC2C[C@@H](F)[C@H](n3cnc4c(N)ncnc43)O2)[C@H]1C. The lowest BCUT2D eigenvalue weighted by Gasteiger charge is -2.25. The van der Waals surface area contributed by atoms with Crippen LogP contribution in [0, 0.1) is 5.92 Å². The molecule has 256 valence electrons. The van der Waals surface area contributed by atoms with Crippen LogP contribution in [-0.2, 0) is 43.9 Å². The zero-order chi connectivity index (χ0) is 33.8. The first-order chi connectivity index (χ1) is 22.2. The highest BCUT2D eigenvalue weighted by molar-refractivity contribution is 8.44. The molecule has 6 heterocycles. The van der Waals surface area contributed by atoms with Crippen LogP contribution in [0.25, 0.3) is 21.5 Å². The molecule has 9 atom stereocenters. The van der Waals surface area contributed by atoms with E-state index in [2.05, 4.69) is 37.2 Å². The second kappa shape index (κ2) is 13.1. The highest BCUT2D eigenvalue weighted by Gasteiger charge is 2.49. The molecule has 25 heteroatoms. The lowest BCUT2D eigenvalue weighted by Crippen LogP contribution is -2.31. The Kier molecular flexibility index (Phi) is 9.63. The van der Waals surface area contributed by atoms with Crippen molar-refractivity contribution < 1.29 is 41.4 Å². The first-order valence-corrected chi connectivity index (χ1v) is 19.8. The standard InChI is InChI=1S/C22H28FN9O10P2S3/c1-8-11(5-39-43(35,45)37-2)41-20(32-17-14(47-22(32)34)18(33)30-21(25)29-17)13(8)42-44(36,46)38-4-9-3-10(23)19(40-9)31-7-28-12-15(24)26-6-27-16(12)31/h6-11,13,19-20H,3-5H2,1-2H3,(H,35,45)(H,36,46)(H2,24,26,27)(H3,25,29,30,33)/t8-,9?,10+,11?,13+,19+,20+,43?,44?/m0/s1. The van der Waals surface area contributed by atoms with Crippen molar-refractivity contribution in [3.8, 4) is 0 Å². The molecule has 2 aliphatic rings. The molecule has 0 spiro atoms. The van der Waals surface area contributed by atoms with Crippen molar-refractivity contribution in [1.82, 2.24) is 34.1 Å². The van der Waals surface area contributed by atoms with Crippen molar-refractivity contribution in [2.45, 2.75) is 50.3 Å². The van der Waals surface area contributed by atoms with E-state index >= 15 is 4.39 Å². The van der Waals surface area contributed by atoms with Crippen LogP contribution in [0.5, 0.6) is 0 Å². The number of thiazole rings is 1. The molecule has 0 amide bonds. The predicted molar refractivity (Wildman–Crippen MR) is 172 cm³/mol. The van der Waals surface area contributed by atoms with E-state index in [9.17, 15) is 19.0 Å². The summed E-state index contributed by atoms with van der Waals surface area (Å²) in [6.07, 6.45) is -4.57. The summed E-state index contributed by atoms with van der Waals surface area (Å²) >= 11 is 9.62. The molecule has 0 saturated carbocycles. The Morgan fingerprint density at radius 3 is 2.72 bits per heavy atom. The third-order valence-electron chi connectivity index (χ3n) is 7.55. The average Bonchev–Trinajstić information content (AvgIpc) is 3.75. The van der Waals surface area contributed by atoms with Crippen LogP contribution in [0.15, 0.2) is 22.2 Å². The number of aromatic nitrogens is 7. The summed E-state index contributed by atoms with van der Waals surface area (Å²) < 4.78 is 64.6. The number of hydrogen-bond acceptors (Lipinski definition) is 17. The number of hydrogen-bond donors (Lipinski definition) is 5. The fraction of sp³-hybridized carbons (Fsp3) is 0.545. The van der Waals surface area contributed by atoms with Gasteiger partial charge in [0.05, 0.1) is 31.7 Å². The third-order valence-corrected chi connectivity index (χ3v) is 11.8. The normalized spacial score (nSPS) is 29.0. The molecule has 4 aromatic heterocycles. The van der Waals surface area contributed by atoms with Crippen molar-refractivity contribution in [2.75, 3.05) is 31.8 Å². The molecule has 47 heavy (non-hydrogen) atoms. The molecule has 2 saturated heterocycles. The van der Waals surface area contributed by atoms with E-state index in [1.807, 2.05) is 0 Å². The van der Waals surface area contributed by atoms with Gasteiger partial charge in [-0.2, -0.15) is 4.98 Å². The molecule has 6 rings (SSSR count). The smallest absolute Gasteiger partial charge is 0.382 e. The number of halogens is 1. The molecule has 0 bridgehead atoms. The number of nitrogens with two attached hydrogens (primary N) is 2. The highest BCUT2D eigenvalue weighted by Crippen LogP contribution is 2.58. The monoisotopic (exact) mass is 755 g/mol. The Morgan fingerprint density at radius 2 is 1.98 bits per heavy atom. The second-order valence-corrected chi connectivity index (χ2v) is 17.3. The van der Waals surface area contributed by atoms with E-state index in [0.29, 0.717) is 11.3 Å². The Bertz CT molecular complexity index is 2030. The topological polar surface area (TPSA) is 256 Å². The maximum atomic E-state index is 15.1. The maximum absolute atomic E-state index is 15.1. The van der Waals surface area contributed by atoms with Gasteiger partial charge in [0.15, 0.2) is 29.6 Å². The van der Waals surface area contributed by atoms with Gasteiger partial charge in [0.25, 0.3) is 5.56 Å². The molecule has 19 nitrogen and oxygen atoms in total. The Balaban J connectivity index is 1.21. The predicted octanol–water partition coefficient (Wildman–Crippen LogP) is 1.63. The lowest BCUT2D eigenvalue weighted by atomic mass is 10.0. The number of aromatic amines is 1. The number of alkyl halides is 1. The fourth-order valence-electron chi connectivity index (χ4n) is 5.26. The van der Waals surface area contributed by atoms with Gasteiger partial charge in [-0.1, -0.05) is 30.5 Å². The van der Waals surface area contributed by atoms with E-state index in [1.54, 1.807) is 6.92 Å².